The lowest BCUT2D eigenvalue weighted by Crippen LogP contribution is -2.17. The molecule has 0 bridgehead atoms. The molecule has 0 atom stereocenters. The van der Waals surface area contributed by atoms with Crippen LogP contribution in [0.25, 0.3) is 0 Å². The number of hydrogen-bond donors (Lipinski definition) is 4. The van der Waals surface area contributed by atoms with Gasteiger partial charge in [-0.15, -0.1) is 11.7 Å². The van der Waals surface area contributed by atoms with Gasteiger partial charge in [-0.1, -0.05) is 10.8 Å². The third-order valence-corrected chi connectivity index (χ3v) is 2.59. The minimum absolute atomic E-state index is 0.0664. The van der Waals surface area contributed by atoms with Crippen molar-refractivity contribution >= 4 is 33.9 Å². The van der Waals surface area contributed by atoms with E-state index in [0.29, 0.717) is 6.07 Å². The number of hydrogen-bond acceptors (Lipinski definition) is 6. The van der Waals surface area contributed by atoms with Crippen LogP contribution in [0.3, 0.4) is 0 Å². The average Bonchev–Trinajstić information content (AvgIpc) is 2.23. The van der Waals surface area contributed by atoms with Gasteiger partial charge in [-0.25, -0.2) is 4.39 Å². The molecule has 0 aliphatic rings. The normalized spacial score (nSPS) is 10.1. The molecular formula is C9H8FNO3S2. The fourth-order valence-electron chi connectivity index (χ4n) is 1.02. The van der Waals surface area contributed by atoms with Crippen molar-refractivity contribution in [3.05, 3.63) is 23.5 Å². The van der Waals surface area contributed by atoms with Gasteiger partial charge in [0.2, 0.25) is 0 Å². The Morgan fingerprint density at radius 2 is 2.00 bits per heavy atom. The SMILES string of the molecule is N=C(C(=O)CSS)c1cc(O)c(O)cc1F. The van der Waals surface area contributed by atoms with Gasteiger partial charge < -0.3 is 10.2 Å². The number of ketones is 1. The molecule has 1 aromatic rings. The van der Waals surface area contributed by atoms with E-state index in [1.54, 1.807) is 0 Å². The summed E-state index contributed by atoms with van der Waals surface area (Å²) >= 11 is 3.75. The highest BCUT2D eigenvalue weighted by atomic mass is 33.1. The quantitative estimate of drug-likeness (QED) is 0.288. The van der Waals surface area contributed by atoms with Gasteiger partial charge in [-0.3, -0.25) is 10.2 Å². The standard InChI is InChI=1S/C9H8FNO3S2/c10-5-2-7(13)6(12)1-4(5)9(11)8(14)3-16-15/h1-2,11-13,15H,3H2. The first-order chi connectivity index (χ1) is 7.47. The third-order valence-electron chi connectivity index (χ3n) is 1.81. The first kappa shape index (κ1) is 12.9. The molecule has 0 aliphatic heterocycles. The van der Waals surface area contributed by atoms with E-state index in [1.165, 1.54) is 0 Å². The number of nitrogens with one attached hydrogen (secondary N) is 1. The third kappa shape index (κ3) is 2.67. The maximum absolute atomic E-state index is 13.3. The molecule has 0 spiro atoms. The molecule has 0 aliphatic carbocycles. The monoisotopic (exact) mass is 261 g/mol. The summed E-state index contributed by atoms with van der Waals surface area (Å²) in [6.45, 7) is 0. The highest BCUT2D eigenvalue weighted by molar-refractivity contribution is 8.68. The van der Waals surface area contributed by atoms with E-state index in [9.17, 15) is 9.18 Å². The number of rotatable bonds is 4. The van der Waals surface area contributed by atoms with Crippen molar-refractivity contribution in [3.8, 4) is 11.5 Å². The van der Waals surface area contributed by atoms with E-state index in [0.717, 1.165) is 16.9 Å². The predicted octanol–water partition coefficient (Wildman–Crippen LogP) is 1.75. The fraction of sp³-hybridized carbons (Fsp3) is 0.111. The Morgan fingerprint density at radius 3 is 2.56 bits per heavy atom. The Morgan fingerprint density at radius 1 is 1.44 bits per heavy atom. The topological polar surface area (TPSA) is 81.4 Å². The van der Waals surface area contributed by atoms with Gasteiger partial charge in [0.25, 0.3) is 0 Å². The molecule has 0 amide bonds. The molecule has 86 valence electrons. The number of halogens is 1. The molecule has 0 radical (unpaired) electrons. The second kappa shape index (κ2) is 5.22. The Labute approximate surface area is 99.8 Å². The van der Waals surface area contributed by atoms with Gasteiger partial charge in [-0.2, -0.15) is 0 Å². The Kier molecular flexibility index (Phi) is 4.19. The first-order valence-electron chi connectivity index (χ1n) is 4.07. The van der Waals surface area contributed by atoms with Gasteiger partial charge in [0.15, 0.2) is 17.3 Å². The Hall–Kier alpha value is -1.21. The number of phenols is 2. The zero-order valence-electron chi connectivity index (χ0n) is 7.90. The summed E-state index contributed by atoms with van der Waals surface area (Å²) in [6.07, 6.45) is 0. The number of aromatic hydroxyl groups is 2. The molecule has 0 saturated carbocycles. The molecule has 1 aromatic carbocycles. The smallest absolute Gasteiger partial charge is 0.191 e. The van der Waals surface area contributed by atoms with E-state index < -0.39 is 28.8 Å². The second-order valence-corrected chi connectivity index (χ2v) is 4.21. The minimum atomic E-state index is -0.933. The van der Waals surface area contributed by atoms with Crippen LogP contribution in [0.2, 0.25) is 0 Å². The number of carbonyl (C=O) groups excluding carboxylic acids is 1. The second-order valence-electron chi connectivity index (χ2n) is 2.89. The van der Waals surface area contributed by atoms with Gasteiger partial charge in [0.1, 0.15) is 11.5 Å². The van der Waals surface area contributed by atoms with E-state index in [-0.39, 0.29) is 11.3 Å². The predicted molar refractivity (Wildman–Crippen MR) is 63.0 cm³/mol. The van der Waals surface area contributed by atoms with Crippen molar-refractivity contribution in [1.29, 1.82) is 5.41 Å². The van der Waals surface area contributed by atoms with E-state index >= 15 is 0 Å². The maximum atomic E-state index is 13.3. The number of Topliss-reactive ketones (excluding diaryl/α,β-unsaturated/α-hetero) is 1. The van der Waals surface area contributed by atoms with Crippen LogP contribution in [-0.4, -0.2) is 27.5 Å². The van der Waals surface area contributed by atoms with Gasteiger partial charge in [-0.05, 0) is 6.07 Å². The summed E-state index contributed by atoms with van der Waals surface area (Å²) < 4.78 is 13.3. The summed E-state index contributed by atoms with van der Waals surface area (Å²) in [5.74, 6) is -2.82. The van der Waals surface area contributed by atoms with Crippen molar-refractivity contribution in [3.63, 3.8) is 0 Å². The molecule has 4 nitrogen and oxygen atoms in total. The number of carbonyl (C=O) groups is 1. The van der Waals surface area contributed by atoms with E-state index in [2.05, 4.69) is 11.7 Å². The van der Waals surface area contributed by atoms with Crippen LogP contribution in [0.5, 0.6) is 11.5 Å². The molecule has 1 rings (SSSR count). The maximum Gasteiger partial charge on any atom is 0.191 e. The van der Waals surface area contributed by atoms with Gasteiger partial charge in [0.05, 0.1) is 5.75 Å². The van der Waals surface area contributed by atoms with Crippen LogP contribution >= 0.6 is 22.5 Å². The zero-order valence-corrected chi connectivity index (χ0v) is 9.61. The fourth-order valence-corrected chi connectivity index (χ4v) is 1.64. The minimum Gasteiger partial charge on any atom is -0.504 e. The lowest BCUT2D eigenvalue weighted by atomic mass is 10.1. The molecule has 0 unspecified atom stereocenters. The molecule has 3 N–H and O–H groups in total. The lowest BCUT2D eigenvalue weighted by molar-refractivity contribution is -0.110. The van der Waals surface area contributed by atoms with Crippen LogP contribution in [-0.2, 0) is 4.79 Å². The molecule has 0 aromatic heterocycles. The summed E-state index contributed by atoms with van der Waals surface area (Å²) in [4.78, 5) is 11.3. The lowest BCUT2D eigenvalue weighted by Gasteiger charge is -2.05. The highest BCUT2D eigenvalue weighted by Crippen LogP contribution is 2.27. The summed E-state index contributed by atoms with van der Waals surface area (Å²) in [6, 6.07) is 1.49. The van der Waals surface area contributed by atoms with Crippen molar-refractivity contribution in [1.82, 2.24) is 0 Å². The van der Waals surface area contributed by atoms with Crippen molar-refractivity contribution < 1.29 is 19.4 Å². The number of phenolic OH excluding ortho intramolecular Hbond substituents is 2. The van der Waals surface area contributed by atoms with Crippen molar-refractivity contribution in [2.75, 3.05) is 5.75 Å². The molecular weight excluding hydrogens is 253 g/mol. The molecule has 16 heavy (non-hydrogen) atoms. The Bertz CT molecular complexity index is 451. The van der Waals surface area contributed by atoms with Crippen LogP contribution in [0.15, 0.2) is 12.1 Å². The largest absolute Gasteiger partial charge is 0.504 e. The van der Waals surface area contributed by atoms with Crippen LogP contribution in [0.4, 0.5) is 4.39 Å². The van der Waals surface area contributed by atoms with Gasteiger partial charge in [0, 0.05) is 11.6 Å². The zero-order chi connectivity index (χ0) is 12.3. The van der Waals surface area contributed by atoms with Crippen LogP contribution in [0, 0.1) is 11.2 Å². The average molecular weight is 261 g/mol. The van der Waals surface area contributed by atoms with E-state index in [4.69, 9.17) is 15.6 Å². The number of benzene rings is 1. The van der Waals surface area contributed by atoms with E-state index in [1.807, 2.05) is 0 Å². The van der Waals surface area contributed by atoms with Crippen molar-refractivity contribution in [2.24, 2.45) is 0 Å². The summed E-state index contributed by atoms with van der Waals surface area (Å²) in [5, 5.41) is 25.5. The molecule has 0 fully saturated rings. The van der Waals surface area contributed by atoms with Gasteiger partial charge >= 0.3 is 0 Å². The Balaban J connectivity index is 3.09. The van der Waals surface area contributed by atoms with Crippen LogP contribution < -0.4 is 0 Å². The molecule has 7 heteroatoms. The summed E-state index contributed by atoms with van der Waals surface area (Å²) in [7, 11) is 0.916. The summed E-state index contributed by atoms with van der Waals surface area (Å²) in [5.41, 5.74) is -0.906. The van der Waals surface area contributed by atoms with Crippen molar-refractivity contribution in [2.45, 2.75) is 0 Å². The molecule has 0 heterocycles. The molecule has 0 saturated heterocycles. The van der Waals surface area contributed by atoms with Crippen LogP contribution in [0.1, 0.15) is 5.56 Å². The number of thiol groups is 1. The first-order valence-corrected chi connectivity index (χ1v) is 6.11. The highest BCUT2D eigenvalue weighted by Gasteiger charge is 2.18.